The first-order valence-corrected chi connectivity index (χ1v) is 11.0. The molecule has 3 heterocycles. The quantitative estimate of drug-likeness (QED) is 0.737. The largest absolute Gasteiger partial charge is 0.438 e. The summed E-state index contributed by atoms with van der Waals surface area (Å²) in [5.41, 5.74) is 3.81. The van der Waals surface area contributed by atoms with E-state index in [1.54, 1.807) is 0 Å². The fourth-order valence-electron chi connectivity index (χ4n) is 4.16. The van der Waals surface area contributed by atoms with Gasteiger partial charge >= 0.3 is 0 Å². The van der Waals surface area contributed by atoms with Crippen LogP contribution >= 0.6 is 11.3 Å². The summed E-state index contributed by atoms with van der Waals surface area (Å²) >= 11 is 1.83. The van der Waals surface area contributed by atoms with Gasteiger partial charge in [0.25, 0.3) is 0 Å². The maximum absolute atomic E-state index is 6.44. The fourth-order valence-corrected chi connectivity index (χ4v) is 5.43. The molecule has 0 radical (unpaired) electrons. The van der Waals surface area contributed by atoms with Crippen LogP contribution in [0.5, 0.6) is 11.6 Å². The summed E-state index contributed by atoms with van der Waals surface area (Å²) in [5, 5.41) is 1.14. The molecular weight excluding hydrogens is 370 g/mol. The summed E-state index contributed by atoms with van der Waals surface area (Å²) in [5.74, 6) is 2.51. The number of benzene rings is 1. The molecule has 0 spiro atoms. The van der Waals surface area contributed by atoms with E-state index in [0.717, 1.165) is 73.4 Å². The highest BCUT2D eigenvalue weighted by atomic mass is 32.1. The SMILES string of the molecule is Cc1cccc(Oc2nc(C[NH+]3CCOCC3)nc3sc4c(c23)CCC4)c1C. The molecule has 1 aromatic carbocycles. The Hall–Kier alpha value is -2.02. The molecule has 1 aliphatic carbocycles. The molecule has 5 rings (SSSR count). The van der Waals surface area contributed by atoms with Gasteiger partial charge in [0, 0.05) is 4.88 Å². The standard InChI is InChI=1S/C22H25N3O2S/c1-14-5-3-7-17(15(14)2)27-21-20-16-6-4-8-18(16)28-22(20)24-19(23-21)13-25-9-11-26-12-10-25/h3,5,7H,4,6,8-13H2,1-2H3/p+1. The maximum Gasteiger partial charge on any atom is 0.231 e. The summed E-state index contributed by atoms with van der Waals surface area (Å²) in [7, 11) is 0. The average Bonchev–Trinajstić information content (AvgIpc) is 3.27. The third-order valence-corrected chi connectivity index (χ3v) is 7.13. The molecule has 0 saturated carbocycles. The van der Waals surface area contributed by atoms with Crippen molar-refractivity contribution in [2.24, 2.45) is 0 Å². The van der Waals surface area contributed by atoms with Crippen molar-refractivity contribution in [2.75, 3.05) is 26.3 Å². The van der Waals surface area contributed by atoms with Gasteiger partial charge < -0.3 is 14.4 Å². The topological polar surface area (TPSA) is 48.7 Å². The highest BCUT2D eigenvalue weighted by Gasteiger charge is 2.25. The van der Waals surface area contributed by atoms with Gasteiger partial charge in [0.1, 0.15) is 30.2 Å². The van der Waals surface area contributed by atoms with E-state index >= 15 is 0 Å². The molecule has 1 N–H and O–H groups in total. The minimum atomic E-state index is 0.737. The van der Waals surface area contributed by atoms with Crippen molar-refractivity contribution < 1.29 is 14.4 Å². The molecule has 146 valence electrons. The third-order valence-electron chi connectivity index (χ3n) is 5.95. The first-order chi connectivity index (χ1) is 13.7. The second-order valence-corrected chi connectivity index (χ2v) is 8.91. The Bertz CT molecular complexity index is 1020. The summed E-state index contributed by atoms with van der Waals surface area (Å²) < 4.78 is 11.9. The van der Waals surface area contributed by atoms with Crippen LogP contribution in [0.25, 0.3) is 10.2 Å². The highest BCUT2D eigenvalue weighted by Crippen LogP contribution is 2.41. The van der Waals surface area contributed by atoms with E-state index in [-0.39, 0.29) is 0 Å². The number of aryl methyl sites for hydroxylation is 3. The number of thiophene rings is 1. The predicted octanol–water partition coefficient (Wildman–Crippen LogP) is 3.00. The third kappa shape index (κ3) is 3.30. The zero-order chi connectivity index (χ0) is 19.1. The number of nitrogens with zero attached hydrogens (tertiary/aromatic N) is 2. The van der Waals surface area contributed by atoms with Crippen molar-refractivity contribution in [1.29, 1.82) is 0 Å². The van der Waals surface area contributed by atoms with Gasteiger partial charge in [0.05, 0.1) is 18.6 Å². The number of aromatic nitrogens is 2. The van der Waals surface area contributed by atoms with Crippen LogP contribution in [0.2, 0.25) is 0 Å². The second-order valence-electron chi connectivity index (χ2n) is 7.82. The Morgan fingerprint density at radius 3 is 2.86 bits per heavy atom. The Kier molecular flexibility index (Phi) is 4.78. The van der Waals surface area contributed by atoms with Crippen molar-refractivity contribution >= 4 is 21.6 Å². The van der Waals surface area contributed by atoms with Gasteiger partial charge in [-0.1, -0.05) is 12.1 Å². The predicted molar refractivity (Wildman–Crippen MR) is 111 cm³/mol. The van der Waals surface area contributed by atoms with E-state index in [4.69, 9.17) is 19.4 Å². The fraction of sp³-hybridized carbons (Fsp3) is 0.455. The summed E-state index contributed by atoms with van der Waals surface area (Å²) in [6.45, 7) is 8.71. The molecule has 1 fully saturated rings. The summed E-state index contributed by atoms with van der Waals surface area (Å²) in [6, 6.07) is 6.20. The van der Waals surface area contributed by atoms with Crippen LogP contribution in [0.4, 0.5) is 0 Å². The minimum absolute atomic E-state index is 0.737. The van der Waals surface area contributed by atoms with Gasteiger partial charge in [-0.25, -0.2) is 4.98 Å². The molecule has 1 saturated heterocycles. The molecule has 2 aliphatic rings. The van der Waals surface area contributed by atoms with Gasteiger partial charge in [0.15, 0.2) is 5.82 Å². The monoisotopic (exact) mass is 396 g/mol. The molecule has 6 heteroatoms. The van der Waals surface area contributed by atoms with Crippen molar-refractivity contribution in [2.45, 2.75) is 39.7 Å². The van der Waals surface area contributed by atoms with E-state index in [1.165, 1.54) is 32.9 Å². The number of hydrogen-bond donors (Lipinski definition) is 1. The molecule has 0 unspecified atom stereocenters. The molecule has 0 bridgehead atoms. The molecule has 2 aromatic heterocycles. The Morgan fingerprint density at radius 2 is 2.00 bits per heavy atom. The van der Waals surface area contributed by atoms with Crippen LogP contribution in [-0.2, 0) is 24.1 Å². The number of hydrogen-bond acceptors (Lipinski definition) is 5. The number of fused-ring (bicyclic) bond motifs is 3. The lowest BCUT2D eigenvalue weighted by Crippen LogP contribution is -3.12. The van der Waals surface area contributed by atoms with E-state index < -0.39 is 0 Å². The number of ether oxygens (including phenoxy) is 2. The van der Waals surface area contributed by atoms with Crippen LogP contribution < -0.4 is 9.64 Å². The Labute approximate surface area is 169 Å². The molecule has 0 amide bonds. The molecule has 5 nitrogen and oxygen atoms in total. The lowest BCUT2D eigenvalue weighted by atomic mass is 10.1. The van der Waals surface area contributed by atoms with Gasteiger partial charge in [-0.15, -0.1) is 11.3 Å². The van der Waals surface area contributed by atoms with E-state index in [1.807, 2.05) is 23.5 Å². The molecular formula is C22H26N3O2S+. The smallest absolute Gasteiger partial charge is 0.231 e. The molecule has 0 atom stereocenters. The van der Waals surface area contributed by atoms with E-state index in [0.29, 0.717) is 0 Å². The van der Waals surface area contributed by atoms with Gasteiger partial charge in [-0.05, 0) is 55.9 Å². The van der Waals surface area contributed by atoms with Crippen LogP contribution in [0, 0.1) is 13.8 Å². The lowest BCUT2D eigenvalue weighted by Gasteiger charge is -2.23. The van der Waals surface area contributed by atoms with Gasteiger partial charge in [-0.2, -0.15) is 4.98 Å². The van der Waals surface area contributed by atoms with Crippen LogP contribution in [0.15, 0.2) is 18.2 Å². The zero-order valence-corrected chi connectivity index (χ0v) is 17.3. The Morgan fingerprint density at radius 1 is 1.14 bits per heavy atom. The highest BCUT2D eigenvalue weighted by molar-refractivity contribution is 7.19. The molecule has 3 aromatic rings. The van der Waals surface area contributed by atoms with E-state index in [9.17, 15) is 0 Å². The van der Waals surface area contributed by atoms with Gasteiger partial charge in [0.2, 0.25) is 5.88 Å². The van der Waals surface area contributed by atoms with E-state index in [2.05, 4.69) is 19.9 Å². The first kappa shape index (κ1) is 18.0. The van der Waals surface area contributed by atoms with Crippen LogP contribution in [-0.4, -0.2) is 36.3 Å². The summed E-state index contributed by atoms with van der Waals surface area (Å²) in [4.78, 5) is 13.9. The van der Waals surface area contributed by atoms with Crippen LogP contribution in [0.1, 0.15) is 33.8 Å². The number of nitrogens with one attached hydrogen (secondary N) is 1. The number of quaternary nitrogens is 1. The lowest BCUT2D eigenvalue weighted by molar-refractivity contribution is -0.922. The number of rotatable bonds is 4. The zero-order valence-electron chi connectivity index (χ0n) is 16.5. The van der Waals surface area contributed by atoms with Gasteiger partial charge in [-0.3, -0.25) is 0 Å². The van der Waals surface area contributed by atoms with Crippen molar-refractivity contribution in [3.63, 3.8) is 0 Å². The second kappa shape index (κ2) is 7.43. The van der Waals surface area contributed by atoms with Crippen molar-refractivity contribution in [3.05, 3.63) is 45.6 Å². The number of morpholine rings is 1. The summed E-state index contributed by atoms with van der Waals surface area (Å²) in [6.07, 6.45) is 3.49. The first-order valence-electron chi connectivity index (χ1n) is 10.2. The maximum atomic E-state index is 6.44. The molecule has 28 heavy (non-hydrogen) atoms. The van der Waals surface area contributed by atoms with Crippen LogP contribution in [0.3, 0.4) is 0 Å². The molecule has 1 aliphatic heterocycles. The minimum Gasteiger partial charge on any atom is -0.438 e. The van der Waals surface area contributed by atoms with Crippen molar-refractivity contribution in [1.82, 2.24) is 9.97 Å². The van der Waals surface area contributed by atoms with Crippen molar-refractivity contribution in [3.8, 4) is 11.6 Å². The normalized spacial score (nSPS) is 17.2. The Balaban J connectivity index is 1.57. The average molecular weight is 397 g/mol.